The van der Waals surface area contributed by atoms with Gasteiger partial charge in [0.15, 0.2) is 41.4 Å². The van der Waals surface area contributed by atoms with E-state index in [-0.39, 0.29) is 51.2 Å². The Morgan fingerprint density at radius 1 is 0.810 bits per heavy atom. The molecule has 4 saturated heterocycles. The normalized spacial score (nSPS) is 31.1. The van der Waals surface area contributed by atoms with E-state index in [0.29, 0.717) is 0 Å². The van der Waals surface area contributed by atoms with Gasteiger partial charge in [-0.2, -0.15) is 4.98 Å². The van der Waals surface area contributed by atoms with E-state index in [1.54, 1.807) is 13.8 Å². The summed E-state index contributed by atoms with van der Waals surface area (Å²) in [5.74, 6) is -0.673. The Kier molecular flexibility index (Phi) is 15.2. The van der Waals surface area contributed by atoms with Crippen LogP contribution >= 0.6 is 31.3 Å². The Bertz CT molecular complexity index is 3640. The summed E-state index contributed by atoms with van der Waals surface area (Å²) < 4.78 is 121. The van der Waals surface area contributed by atoms with Gasteiger partial charge in [0.2, 0.25) is 17.7 Å². The third-order valence-corrected chi connectivity index (χ3v) is 17.7. The molecule has 7 unspecified atom stereocenters. The van der Waals surface area contributed by atoms with Gasteiger partial charge in [-0.3, -0.25) is 51.5 Å². The number of aromatic amines is 2. The molecule has 6 aromatic heterocycles. The van der Waals surface area contributed by atoms with Crippen LogP contribution in [0.25, 0.3) is 33.5 Å². The van der Waals surface area contributed by atoms with Gasteiger partial charge in [0, 0.05) is 7.11 Å². The molecule has 43 heteroatoms. The molecule has 2 bridgehead atoms. The van der Waals surface area contributed by atoms with Crippen molar-refractivity contribution in [1.82, 2.24) is 53.6 Å². The summed E-state index contributed by atoms with van der Waals surface area (Å²) in [6, 6.07) is 0. The second-order valence-electron chi connectivity index (χ2n) is 18.3. The number of nitrogens with two attached hydrogens (primary N) is 3. The number of hydrogen-bond acceptors (Lipinski definition) is 33. The lowest BCUT2D eigenvalue weighted by molar-refractivity contribution is -0.745. The number of aliphatic hydroxyl groups is 2. The first kappa shape index (κ1) is 57.1. The summed E-state index contributed by atoms with van der Waals surface area (Å²) in [5.41, 5.74) is 13.4. The summed E-state index contributed by atoms with van der Waals surface area (Å²) in [6.45, 7) is -0.921. The van der Waals surface area contributed by atoms with Crippen LogP contribution < -0.4 is 52.5 Å². The van der Waals surface area contributed by atoms with Crippen LogP contribution in [0.1, 0.15) is 32.5 Å². The number of nitrogens with zero attached hydrogens (tertiary/aromatic N) is 10. The number of anilines is 3. The van der Waals surface area contributed by atoms with Gasteiger partial charge >= 0.3 is 5.65 Å². The first-order chi connectivity index (χ1) is 37.1. The minimum absolute atomic E-state index is 0.00217. The maximum Gasteiger partial charge on any atom is 0.313 e. The fourth-order valence-corrected chi connectivity index (χ4v) is 13.9. The van der Waals surface area contributed by atoms with Crippen molar-refractivity contribution in [3.63, 3.8) is 0 Å². The molecule has 16 atom stereocenters. The van der Waals surface area contributed by atoms with Gasteiger partial charge in [0.1, 0.15) is 66.3 Å². The maximum absolute atomic E-state index is 13.9. The van der Waals surface area contributed by atoms with Crippen LogP contribution in [0.15, 0.2) is 34.9 Å². The number of nitrogen functional groups attached to an aromatic ring is 3. The molecular weight excluding hydrogens is 1150 g/mol. The lowest BCUT2D eigenvalue weighted by Crippen LogP contribution is -2.46. The largest absolute Gasteiger partial charge is 0.756 e. The van der Waals surface area contributed by atoms with Gasteiger partial charge in [-0.05, 0) is 13.8 Å². The number of methoxy groups -OCH3 is 1. The molecule has 4 aliphatic rings. The number of hydrogen-bond donors (Lipinski definition) is 7. The average Bonchev–Trinajstić information content (AvgIpc) is 3.99. The predicted molar refractivity (Wildman–Crippen MR) is 247 cm³/mol. The molecule has 10 N–H and O–H groups in total. The van der Waals surface area contributed by atoms with E-state index in [1.807, 2.05) is 0 Å². The fourth-order valence-electron chi connectivity index (χ4n) is 9.45. The molecule has 0 spiro atoms. The van der Waals surface area contributed by atoms with Crippen molar-refractivity contribution in [2.75, 3.05) is 50.7 Å². The molecule has 39 nitrogen and oxygen atoms in total. The van der Waals surface area contributed by atoms with Crippen LogP contribution in [-0.4, -0.2) is 158 Å². The zero-order chi connectivity index (χ0) is 56.9. The summed E-state index contributed by atoms with van der Waals surface area (Å²) in [4.78, 5) is 107. The first-order valence-corrected chi connectivity index (χ1v) is 28.8. The van der Waals surface area contributed by atoms with Crippen LogP contribution in [0.5, 0.6) is 0 Å². The molecule has 0 aliphatic carbocycles. The first-order valence-electron chi connectivity index (χ1n) is 22.9. The molecule has 0 radical (unpaired) electrons. The highest BCUT2D eigenvalue weighted by molar-refractivity contribution is 7.65. The molecule has 6 aromatic rings. The van der Waals surface area contributed by atoms with Gasteiger partial charge in [-0.15, -0.1) is 0 Å². The number of aryl methyl sites for hydroxylation is 1. The number of ether oxygens (including phenoxy) is 6. The number of aliphatic hydroxyl groups excluding tert-OH is 2. The van der Waals surface area contributed by atoms with E-state index >= 15 is 0 Å². The second kappa shape index (κ2) is 21.0. The van der Waals surface area contributed by atoms with Gasteiger partial charge in [0.05, 0.1) is 52.2 Å². The molecule has 79 heavy (non-hydrogen) atoms. The highest BCUT2D eigenvalue weighted by Gasteiger charge is 2.65. The molecule has 0 saturated carbocycles. The standard InChI is InChI=1S/C36H49N15O24P4/c1-13(2)69-22-15(71-31(20(22)53)50-11-43-17-27(50)44-34(38)46-29(17)54)6-66-76(56,57)73-24-23-33(49-10-42-16-25(37)40-9-41-26(16)49)72-36(24,7-65-23)8-68-78(60,61)75-79(62,63)74-77(58,59)67-5-14-21(64-4)19(52)32(70-14)51-12-48(3)18-28(51)45-35(39)47-30(18)55/h9-15,19-24,31-33,52-53H,5-8H2,1-4H3,(H11-,37,38,39,40,41,44,45,46,47,54,55,56,57,58,59,60,61,62,63)/p-3/t14-,15-,19?,20?,21+,22+,23?,24-,31-,32-,33-,36-/m1/s1. The third kappa shape index (κ3) is 11.1. The third-order valence-electron chi connectivity index (χ3n) is 12.6. The number of aromatic nitrogens is 12. The van der Waals surface area contributed by atoms with Crippen molar-refractivity contribution in [3.05, 3.63) is 46.0 Å². The quantitative estimate of drug-likeness (QED) is 0.0261. The van der Waals surface area contributed by atoms with Crippen LogP contribution in [0, 0.1) is 0 Å². The van der Waals surface area contributed by atoms with E-state index in [0.717, 1.165) is 26.1 Å². The predicted octanol–water partition coefficient (Wildman–Crippen LogP) is -5.40. The van der Waals surface area contributed by atoms with E-state index < -0.39 is 148 Å². The minimum atomic E-state index is -6.57. The summed E-state index contributed by atoms with van der Waals surface area (Å²) in [5, 5.41) is 22.5. The summed E-state index contributed by atoms with van der Waals surface area (Å²) in [7, 11) is -22.2. The van der Waals surface area contributed by atoms with Crippen LogP contribution in [0.2, 0.25) is 0 Å². The van der Waals surface area contributed by atoms with Crippen LogP contribution in [-0.2, 0) is 80.4 Å². The SMILES string of the molecule is CO[C@@H]1C(O)[C@H]([n+]2cn(C)c3c(=O)[nH]c(N)nc32)O[C@@H]1COP(=O)([O-])OP(=O)([O-])OP(=O)([O-])OC[C@@]12COC([C@H](n3cnc4c(N)ncnc43)O1)[C@H]2OP(=O)([O-])OC[C@H]1O[C@@H](n2cnc3c(=O)[nH]c(N)nc32)C(O)[C@H]1OC(C)C. The van der Waals surface area contributed by atoms with E-state index in [4.69, 9.17) is 59.2 Å². The van der Waals surface area contributed by atoms with Crippen LogP contribution in [0.4, 0.5) is 17.7 Å². The van der Waals surface area contributed by atoms with Crippen molar-refractivity contribution in [3.8, 4) is 0 Å². The molecular formula is C36H46N15O24P4-3. The van der Waals surface area contributed by atoms with Crippen molar-refractivity contribution >= 4 is 82.5 Å². The van der Waals surface area contributed by atoms with Gasteiger partial charge in [0.25, 0.3) is 48.4 Å². The highest BCUT2D eigenvalue weighted by atomic mass is 31.3. The molecule has 10 heterocycles. The van der Waals surface area contributed by atoms with Crippen LogP contribution in [0.3, 0.4) is 0 Å². The zero-order valence-corrected chi connectivity index (χ0v) is 44.5. The smallest absolute Gasteiger partial charge is 0.313 e. The maximum atomic E-state index is 13.9. The van der Waals surface area contributed by atoms with Gasteiger partial charge in [-0.1, -0.05) is 4.98 Å². The number of phosphoric ester groups is 3. The monoisotopic (exact) mass is 1200 g/mol. The van der Waals surface area contributed by atoms with E-state index in [9.17, 15) is 57.6 Å². The number of imidazole rings is 3. The molecule has 4 aliphatic heterocycles. The van der Waals surface area contributed by atoms with Gasteiger partial charge < -0.3 is 93.5 Å². The lowest BCUT2D eigenvalue weighted by atomic mass is 10.0. The second-order valence-corrected chi connectivity index (χ2v) is 24.1. The van der Waals surface area contributed by atoms with E-state index in [2.05, 4.69) is 53.0 Å². The van der Waals surface area contributed by atoms with Crippen molar-refractivity contribution in [2.45, 2.75) is 93.1 Å². The molecule has 432 valence electrons. The summed E-state index contributed by atoms with van der Waals surface area (Å²) in [6.07, 6.45) is -12.5. The number of fused-ring (bicyclic) bond motifs is 5. The molecule has 4 fully saturated rings. The van der Waals surface area contributed by atoms with Crippen molar-refractivity contribution in [2.24, 2.45) is 7.05 Å². The number of phosphoric acid groups is 4. The Balaban J connectivity index is 0.827. The number of rotatable bonds is 21. The van der Waals surface area contributed by atoms with Crippen molar-refractivity contribution < 1.29 is 108 Å². The number of H-pyrrole nitrogens is 2. The topological polar surface area (TPSA) is 552 Å². The molecule has 10 rings (SSSR count). The van der Waals surface area contributed by atoms with Crippen molar-refractivity contribution in [1.29, 1.82) is 0 Å². The molecule has 0 amide bonds. The number of nitrogens with one attached hydrogen (secondary N) is 2. The van der Waals surface area contributed by atoms with Gasteiger partial charge in [-0.25, -0.2) is 33.1 Å². The Morgan fingerprint density at radius 3 is 2.14 bits per heavy atom. The average molecular weight is 1200 g/mol. The fraction of sp³-hybridized carbons (Fsp3) is 0.583. The lowest BCUT2D eigenvalue weighted by Gasteiger charge is -2.37. The van der Waals surface area contributed by atoms with E-state index in [1.165, 1.54) is 31.6 Å². The highest BCUT2D eigenvalue weighted by Crippen LogP contribution is 2.64. The summed E-state index contributed by atoms with van der Waals surface area (Å²) >= 11 is 0. The Labute approximate surface area is 439 Å². The minimum Gasteiger partial charge on any atom is -0.756 e. The Morgan fingerprint density at radius 2 is 1.44 bits per heavy atom. The Hall–Kier alpha value is -5.15. The molecule has 0 aromatic carbocycles. The zero-order valence-electron chi connectivity index (χ0n) is 40.9.